The van der Waals surface area contributed by atoms with Crippen molar-refractivity contribution >= 4 is 5.91 Å². The van der Waals surface area contributed by atoms with Crippen LogP contribution in [-0.2, 0) is 11.3 Å². The topological polar surface area (TPSA) is 64.2 Å². The summed E-state index contributed by atoms with van der Waals surface area (Å²) >= 11 is 0. The number of nitrogens with two attached hydrogens (primary N) is 1. The summed E-state index contributed by atoms with van der Waals surface area (Å²) < 4.78 is 1.80. The molecule has 1 atom stereocenters. The summed E-state index contributed by atoms with van der Waals surface area (Å²) in [5, 5.41) is 4.21. The third-order valence-corrected chi connectivity index (χ3v) is 4.17. The maximum atomic E-state index is 12.4. The molecule has 0 aliphatic carbocycles. The van der Waals surface area contributed by atoms with E-state index in [1.165, 1.54) is 0 Å². The predicted octanol–water partition coefficient (Wildman–Crippen LogP) is 2.92. The minimum Gasteiger partial charge on any atom is -0.341 e. The molecule has 1 aromatic heterocycles. The number of aromatic nitrogens is 2. The fourth-order valence-corrected chi connectivity index (χ4v) is 2.70. The molecule has 0 bridgehead atoms. The highest BCUT2D eigenvalue weighted by Gasteiger charge is 2.15. The summed E-state index contributed by atoms with van der Waals surface area (Å²) in [6.45, 7) is 0.555. The van der Waals surface area contributed by atoms with Crippen molar-refractivity contribution in [2.24, 2.45) is 5.73 Å². The van der Waals surface area contributed by atoms with Crippen LogP contribution in [0.15, 0.2) is 73.1 Å². The maximum Gasteiger partial charge on any atom is 0.224 e. The molecule has 0 fully saturated rings. The van der Waals surface area contributed by atoms with E-state index in [1.54, 1.807) is 15.8 Å². The van der Waals surface area contributed by atoms with Gasteiger partial charge >= 0.3 is 0 Å². The number of hydrogen-bond acceptors (Lipinski definition) is 3. The van der Waals surface area contributed by atoms with Gasteiger partial charge in [0, 0.05) is 38.4 Å². The second-order valence-corrected chi connectivity index (χ2v) is 6.09. The molecule has 0 aliphatic rings. The number of hydrogen-bond donors (Lipinski definition) is 1. The van der Waals surface area contributed by atoms with Crippen LogP contribution >= 0.6 is 0 Å². The first kappa shape index (κ1) is 16.9. The van der Waals surface area contributed by atoms with Gasteiger partial charge in [-0.05, 0) is 29.3 Å². The zero-order valence-electron chi connectivity index (χ0n) is 14.2. The zero-order chi connectivity index (χ0) is 17.6. The van der Waals surface area contributed by atoms with Crippen LogP contribution < -0.4 is 5.73 Å². The van der Waals surface area contributed by atoms with Gasteiger partial charge in [-0.1, -0.05) is 42.5 Å². The molecule has 3 rings (SSSR count). The van der Waals surface area contributed by atoms with E-state index in [2.05, 4.69) is 5.10 Å². The Morgan fingerprint density at radius 2 is 1.84 bits per heavy atom. The van der Waals surface area contributed by atoms with E-state index in [0.717, 1.165) is 16.8 Å². The number of nitrogens with zero attached hydrogens (tertiary/aromatic N) is 3. The second kappa shape index (κ2) is 7.77. The van der Waals surface area contributed by atoms with Gasteiger partial charge in [-0.15, -0.1) is 0 Å². The summed E-state index contributed by atoms with van der Waals surface area (Å²) in [7, 11) is 1.81. The van der Waals surface area contributed by atoms with E-state index in [4.69, 9.17) is 5.73 Å². The molecule has 0 saturated heterocycles. The summed E-state index contributed by atoms with van der Waals surface area (Å²) in [5.74, 6) is 0.0347. The Morgan fingerprint density at radius 3 is 2.48 bits per heavy atom. The Morgan fingerprint density at radius 1 is 1.12 bits per heavy atom. The maximum absolute atomic E-state index is 12.4. The lowest BCUT2D eigenvalue weighted by Gasteiger charge is -2.20. The Balaban J connectivity index is 1.58. The molecule has 0 saturated carbocycles. The van der Waals surface area contributed by atoms with Crippen molar-refractivity contribution in [2.75, 3.05) is 7.05 Å². The number of carbonyl (C=O) groups is 1. The van der Waals surface area contributed by atoms with E-state index in [9.17, 15) is 4.79 Å². The largest absolute Gasteiger partial charge is 0.341 e. The molecule has 1 unspecified atom stereocenters. The molecule has 5 nitrogen and oxygen atoms in total. The van der Waals surface area contributed by atoms with Crippen LogP contribution in [0.3, 0.4) is 0 Å². The Kier molecular flexibility index (Phi) is 5.26. The first-order chi connectivity index (χ1) is 12.1. The quantitative estimate of drug-likeness (QED) is 0.754. The van der Waals surface area contributed by atoms with Crippen molar-refractivity contribution in [3.8, 4) is 5.69 Å². The first-order valence-electron chi connectivity index (χ1n) is 8.27. The number of carbonyl (C=O) groups excluding carboxylic acids is 1. The summed E-state index contributed by atoms with van der Waals surface area (Å²) in [4.78, 5) is 14.1. The van der Waals surface area contributed by atoms with Gasteiger partial charge < -0.3 is 10.6 Å². The molecule has 25 heavy (non-hydrogen) atoms. The van der Waals surface area contributed by atoms with Crippen molar-refractivity contribution in [1.29, 1.82) is 0 Å². The molecule has 3 aromatic rings. The Labute approximate surface area is 147 Å². The summed E-state index contributed by atoms with van der Waals surface area (Å²) in [6, 6.07) is 19.3. The first-order valence-corrected chi connectivity index (χ1v) is 8.27. The molecule has 0 aliphatic heterocycles. The lowest BCUT2D eigenvalue weighted by molar-refractivity contribution is -0.130. The average Bonchev–Trinajstić information content (AvgIpc) is 3.17. The minimum atomic E-state index is -0.279. The highest BCUT2D eigenvalue weighted by Crippen LogP contribution is 2.16. The lowest BCUT2D eigenvalue weighted by atomic mass is 10.0. The molecule has 128 valence electrons. The third kappa shape index (κ3) is 4.33. The van der Waals surface area contributed by atoms with Gasteiger partial charge in [-0.3, -0.25) is 4.79 Å². The van der Waals surface area contributed by atoms with Gasteiger partial charge in [0.1, 0.15) is 0 Å². The molecular formula is C20H22N4O. The normalized spacial score (nSPS) is 11.9. The number of rotatable bonds is 6. The van der Waals surface area contributed by atoms with Crippen LogP contribution in [0.4, 0.5) is 0 Å². The van der Waals surface area contributed by atoms with Crippen molar-refractivity contribution in [1.82, 2.24) is 14.7 Å². The van der Waals surface area contributed by atoms with E-state index in [0.29, 0.717) is 13.0 Å². The monoisotopic (exact) mass is 334 g/mol. The molecule has 0 radical (unpaired) electrons. The van der Waals surface area contributed by atoms with Gasteiger partial charge in [0.25, 0.3) is 0 Å². The highest BCUT2D eigenvalue weighted by atomic mass is 16.2. The molecule has 2 aromatic carbocycles. The molecule has 1 amide bonds. The Hall–Kier alpha value is -2.92. The molecule has 0 spiro atoms. The van der Waals surface area contributed by atoms with Crippen molar-refractivity contribution in [3.63, 3.8) is 0 Å². The fourth-order valence-electron chi connectivity index (χ4n) is 2.70. The van der Waals surface area contributed by atoms with Crippen molar-refractivity contribution in [3.05, 3.63) is 84.2 Å². The van der Waals surface area contributed by atoms with Gasteiger partial charge in [0.15, 0.2) is 0 Å². The highest BCUT2D eigenvalue weighted by molar-refractivity contribution is 5.76. The predicted molar refractivity (Wildman–Crippen MR) is 98.0 cm³/mol. The molecular weight excluding hydrogens is 312 g/mol. The summed E-state index contributed by atoms with van der Waals surface area (Å²) in [5.41, 5.74) is 9.19. The van der Waals surface area contributed by atoms with Gasteiger partial charge in [0.2, 0.25) is 5.91 Å². The summed E-state index contributed by atoms with van der Waals surface area (Å²) in [6.07, 6.45) is 3.94. The van der Waals surface area contributed by atoms with E-state index in [1.807, 2.05) is 73.9 Å². The smallest absolute Gasteiger partial charge is 0.224 e. The van der Waals surface area contributed by atoms with Crippen LogP contribution in [0.5, 0.6) is 0 Å². The standard InChI is InChI=1S/C20H22N4O/c1-23(20(25)14-19(21)17-6-3-2-4-7-17)15-16-8-10-18(11-9-16)24-13-5-12-22-24/h2-13,19H,14-15,21H2,1H3. The molecule has 1 heterocycles. The van der Waals surface area contributed by atoms with Crippen LogP contribution in [0.1, 0.15) is 23.6 Å². The minimum absolute atomic E-state index is 0.0347. The number of amides is 1. The number of benzene rings is 2. The second-order valence-electron chi connectivity index (χ2n) is 6.09. The molecule has 2 N–H and O–H groups in total. The van der Waals surface area contributed by atoms with Gasteiger partial charge in [-0.25, -0.2) is 4.68 Å². The zero-order valence-corrected chi connectivity index (χ0v) is 14.2. The Bertz CT molecular complexity index is 797. The van der Waals surface area contributed by atoms with E-state index in [-0.39, 0.29) is 11.9 Å². The van der Waals surface area contributed by atoms with Crippen LogP contribution in [0.25, 0.3) is 5.69 Å². The van der Waals surface area contributed by atoms with Crippen LogP contribution in [0.2, 0.25) is 0 Å². The van der Waals surface area contributed by atoms with Gasteiger partial charge in [-0.2, -0.15) is 5.10 Å². The molecule has 5 heteroatoms. The third-order valence-electron chi connectivity index (χ3n) is 4.17. The van der Waals surface area contributed by atoms with Crippen LogP contribution in [0, 0.1) is 0 Å². The lowest BCUT2D eigenvalue weighted by Crippen LogP contribution is -2.29. The average molecular weight is 334 g/mol. The van der Waals surface area contributed by atoms with Gasteiger partial charge in [0.05, 0.1) is 5.69 Å². The van der Waals surface area contributed by atoms with E-state index >= 15 is 0 Å². The fraction of sp³-hybridized carbons (Fsp3) is 0.200. The van der Waals surface area contributed by atoms with E-state index < -0.39 is 0 Å². The SMILES string of the molecule is CN(Cc1ccc(-n2cccn2)cc1)C(=O)CC(N)c1ccccc1. The van der Waals surface area contributed by atoms with Crippen LogP contribution in [-0.4, -0.2) is 27.6 Å². The van der Waals surface area contributed by atoms with Crippen molar-refractivity contribution in [2.45, 2.75) is 19.0 Å². The van der Waals surface area contributed by atoms with Crippen molar-refractivity contribution < 1.29 is 4.79 Å².